The smallest absolute Gasteiger partial charge is 0.239 e. The molecule has 0 aliphatic carbocycles. The zero-order chi connectivity index (χ0) is 12.1. The number of aryl methyl sites for hydroxylation is 1. The van der Waals surface area contributed by atoms with Crippen molar-refractivity contribution in [2.75, 3.05) is 6.54 Å². The Morgan fingerprint density at radius 3 is 2.56 bits per heavy atom. The summed E-state index contributed by atoms with van der Waals surface area (Å²) in [6.45, 7) is 9.57. The number of unbranched alkanes of at least 4 members (excludes halogenated alkanes) is 1. The second-order valence-corrected chi connectivity index (χ2v) is 4.35. The Bertz CT molecular complexity index is 366. The normalized spacial score (nSPS) is 10.5. The minimum absolute atomic E-state index is 0.103. The molecule has 0 unspecified atom stereocenters. The van der Waals surface area contributed by atoms with Crippen LogP contribution in [0.25, 0.3) is 0 Å². The molecule has 0 atom stereocenters. The highest BCUT2D eigenvalue weighted by atomic mass is 16.1. The van der Waals surface area contributed by atoms with Crippen LogP contribution in [0.4, 0.5) is 0 Å². The zero-order valence-electron chi connectivity index (χ0n) is 10.8. The predicted octanol–water partition coefficient (Wildman–Crippen LogP) is 2.33. The van der Waals surface area contributed by atoms with Crippen molar-refractivity contribution in [2.24, 2.45) is 0 Å². The van der Waals surface area contributed by atoms with Crippen LogP contribution in [0.3, 0.4) is 0 Å². The van der Waals surface area contributed by atoms with Crippen LogP contribution in [-0.2, 0) is 11.3 Å². The lowest BCUT2D eigenvalue weighted by Crippen LogP contribution is -2.28. The molecule has 0 bridgehead atoms. The first-order valence-corrected chi connectivity index (χ1v) is 5.96. The maximum Gasteiger partial charge on any atom is 0.239 e. The zero-order valence-corrected chi connectivity index (χ0v) is 10.8. The molecule has 3 nitrogen and oxygen atoms in total. The number of carbonyl (C=O) groups excluding carboxylic acids is 1. The van der Waals surface area contributed by atoms with Crippen molar-refractivity contribution in [3.05, 3.63) is 23.0 Å². The lowest BCUT2D eigenvalue weighted by atomic mass is 10.2. The summed E-state index contributed by atoms with van der Waals surface area (Å²) >= 11 is 0. The average Bonchev–Trinajstić information content (AvgIpc) is 2.47. The van der Waals surface area contributed by atoms with E-state index in [2.05, 4.69) is 33.0 Å². The Morgan fingerprint density at radius 1 is 1.38 bits per heavy atom. The van der Waals surface area contributed by atoms with E-state index in [1.807, 2.05) is 10.8 Å². The Hall–Kier alpha value is -1.25. The van der Waals surface area contributed by atoms with Crippen LogP contribution < -0.4 is 5.32 Å². The van der Waals surface area contributed by atoms with E-state index in [9.17, 15) is 4.79 Å². The second-order valence-electron chi connectivity index (χ2n) is 4.35. The second kappa shape index (κ2) is 5.73. The van der Waals surface area contributed by atoms with Crippen molar-refractivity contribution in [3.8, 4) is 0 Å². The van der Waals surface area contributed by atoms with Gasteiger partial charge in [0.25, 0.3) is 0 Å². The van der Waals surface area contributed by atoms with Crippen LogP contribution >= 0.6 is 0 Å². The molecule has 1 N–H and O–H groups in total. The van der Waals surface area contributed by atoms with Crippen molar-refractivity contribution in [1.29, 1.82) is 0 Å². The highest BCUT2D eigenvalue weighted by Crippen LogP contribution is 2.14. The maximum absolute atomic E-state index is 11.6. The minimum Gasteiger partial charge on any atom is -0.355 e. The molecule has 0 aromatic carbocycles. The molecule has 0 radical (unpaired) electrons. The number of hydrogen-bond acceptors (Lipinski definition) is 1. The number of amides is 1. The standard InChI is InChI=1S/C13H22N2O/c1-5-6-7-14-13(16)9-15-8-10(2)11(3)12(15)4/h8H,5-7,9H2,1-4H3,(H,14,16). The van der Waals surface area contributed by atoms with E-state index in [1.165, 1.54) is 16.8 Å². The SMILES string of the molecule is CCCCNC(=O)Cn1cc(C)c(C)c1C. The molecule has 0 saturated carbocycles. The third kappa shape index (κ3) is 3.12. The maximum atomic E-state index is 11.6. The van der Waals surface area contributed by atoms with Gasteiger partial charge in [0, 0.05) is 18.4 Å². The molecule has 1 rings (SSSR count). The Kier molecular flexibility index (Phi) is 4.59. The molecule has 3 heteroatoms. The first-order valence-electron chi connectivity index (χ1n) is 5.96. The fraction of sp³-hybridized carbons (Fsp3) is 0.615. The summed E-state index contributed by atoms with van der Waals surface area (Å²) in [6, 6.07) is 0. The van der Waals surface area contributed by atoms with Gasteiger partial charge in [-0.05, 0) is 38.3 Å². The first-order chi connectivity index (χ1) is 7.56. The van der Waals surface area contributed by atoms with Gasteiger partial charge in [0.2, 0.25) is 5.91 Å². The number of nitrogens with one attached hydrogen (secondary N) is 1. The monoisotopic (exact) mass is 222 g/mol. The molecule has 90 valence electrons. The van der Waals surface area contributed by atoms with Gasteiger partial charge < -0.3 is 9.88 Å². The minimum atomic E-state index is 0.103. The molecule has 0 fully saturated rings. The van der Waals surface area contributed by atoms with Gasteiger partial charge in [-0.15, -0.1) is 0 Å². The largest absolute Gasteiger partial charge is 0.355 e. The van der Waals surface area contributed by atoms with Crippen LogP contribution in [-0.4, -0.2) is 17.0 Å². The predicted molar refractivity (Wildman–Crippen MR) is 66.6 cm³/mol. The van der Waals surface area contributed by atoms with Crippen LogP contribution in [0.1, 0.15) is 36.6 Å². The van der Waals surface area contributed by atoms with Crippen LogP contribution in [0.2, 0.25) is 0 Å². The molecule has 1 aromatic heterocycles. The third-order valence-electron chi connectivity index (χ3n) is 3.08. The number of aromatic nitrogens is 1. The number of carbonyl (C=O) groups is 1. The van der Waals surface area contributed by atoms with Crippen molar-refractivity contribution in [2.45, 2.75) is 47.1 Å². The summed E-state index contributed by atoms with van der Waals surface area (Å²) in [5.74, 6) is 0.103. The van der Waals surface area contributed by atoms with Gasteiger partial charge in [-0.2, -0.15) is 0 Å². The molecule has 0 saturated heterocycles. The lowest BCUT2D eigenvalue weighted by Gasteiger charge is -2.07. The van der Waals surface area contributed by atoms with Crippen molar-refractivity contribution in [1.82, 2.24) is 9.88 Å². The quantitative estimate of drug-likeness (QED) is 0.762. The van der Waals surface area contributed by atoms with E-state index in [4.69, 9.17) is 0 Å². The molecule has 1 aromatic rings. The van der Waals surface area contributed by atoms with Gasteiger partial charge in [0.05, 0.1) is 0 Å². The number of nitrogens with zero attached hydrogens (tertiary/aromatic N) is 1. The van der Waals surface area contributed by atoms with Crippen molar-refractivity contribution in [3.63, 3.8) is 0 Å². The van der Waals surface area contributed by atoms with Gasteiger partial charge >= 0.3 is 0 Å². The Balaban J connectivity index is 2.53. The molecule has 0 spiro atoms. The molecule has 1 heterocycles. The Labute approximate surface area is 97.8 Å². The van der Waals surface area contributed by atoms with Gasteiger partial charge in [-0.3, -0.25) is 4.79 Å². The number of rotatable bonds is 5. The van der Waals surface area contributed by atoms with Crippen LogP contribution in [0.5, 0.6) is 0 Å². The Morgan fingerprint density at radius 2 is 2.06 bits per heavy atom. The molecule has 16 heavy (non-hydrogen) atoms. The van der Waals surface area contributed by atoms with Gasteiger partial charge in [-0.1, -0.05) is 13.3 Å². The van der Waals surface area contributed by atoms with Crippen LogP contribution in [0.15, 0.2) is 6.20 Å². The highest BCUT2D eigenvalue weighted by Gasteiger charge is 2.08. The van der Waals surface area contributed by atoms with E-state index >= 15 is 0 Å². The topological polar surface area (TPSA) is 34.0 Å². The summed E-state index contributed by atoms with van der Waals surface area (Å²) in [6.07, 6.45) is 4.21. The van der Waals surface area contributed by atoms with E-state index in [0.717, 1.165) is 19.4 Å². The summed E-state index contributed by atoms with van der Waals surface area (Å²) < 4.78 is 2.02. The van der Waals surface area contributed by atoms with E-state index in [0.29, 0.717) is 6.54 Å². The molecule has 0 aliphatic rings. The highest BCUT2D eigenvalue weighted by molar-refractivity contribution is 5.75. The van der Waals surface area contributed by atoms with E-state index < -0.39 is 0 Å². The summed E-state index contributed by atoms with van der Waals surface area (Å²) in [5.41, 5.74) is 3.71. The summed E-state index contributed by atoms with van der Waals surface area (Å²) in [5, 5.41) is 2.93. The van der Waals surface area contributed by atoms with Crippen LogP contribution in [0, 0.1) is 20.8 Å². The fourth-order valence-electron chi connectivity index (χ4n) is 1.71. The van der Waals surface area contributed by atoms with Gasteiger partial charge in [-0.25, -0.2) is 0 Å². The third-order valence-corrected chi connectivity index (χ3v) is 3.08. The fourth-order valence-corrected chi connectivity index (χ4v) is 1.71. The lowest BCUT2D eigenvalue weighted by molar-refractivity contribution is -0.121. The van der Waals surface area contributed by atoms with Crippen molar-refractivity contribution < 1.29 is 4.79 Å². The summed E-state index contributed by atoms with van der Waals surface area (Å²) in [4.78, 5) is 11.6. The molecule has 0 aliphatic heterocycles. The van der Waals surface area contributed by atoms with Crippen molar-refractivity contribution >= 4 is 5.91 Å². The first kappa shape index (κ1) is 12.8. The summed E-state index contributed by atoms with van der Waals surface area (Å²) in [7, 11) is 0. The molecular weight excluding hydrogens is 200 g/mol. The van der Waals surface area contributed by atoms with Gasteiger partial charge in [0.15, 0.2) is 0 Å². The average molecular weight is 222 g/mol. The molecule has 1 amide bonds. The van der Waals surface area contributed by atoms with E-state index in [-0.39, 0.29) is 5.91 Å². The van der Waals surface area contributed by atoms with E-state index in [1.54, 1.807) is 0 Å². The number of hydrogen-bond donors (Lipinski definition) is 1. The molecular formula is C13H22N2O. The van der Waals surface area contributed by atoms with Gasteiger partial charge in [0.1, 0.15) is 6.54 Å².